The van der Waals surface area contributed by atoms with Gasteiger partial charge in [-0.15, -0.1) is 0 Å². The molecule has 0 fully saturated rings. The Morgan fingerprint density at radius 3 is 2.85 bits per heavy atom. The molecule has 106 valence electrons. The van der Waals surface area contributed by atoms with Crippen molar-refractivity contribution in [3.8, 4) is 0 Å². The molecule has 1 atom stereocenters. The molecule has 2 aliphatic rings. The Bertz CT molecular complexity index is 521. The van der Waals surface area contributed by atoms with Gasteiger partial charge in [0.05, 0.1) is 11.8 Å². The monoisotopic (exact) mass is 270 g/mol. The minimum absolute atomic E-state index is 0.242. The highest BCUT2D eigenvalue weighted by Crippen LogP contribution is 2.31. The van der Waals surface area contributed by atoms with Gasteiger partial charge in [0.2, 0.25) is 0 Å². The fourth-order valence-electron chi connectivity index (χ4n) is 3.39. The second-order valence-corrected chi connectivity index (χ2v) is 5.62. The summed E-state index contributed by atoms with van der Waals surface area (Å²) in [4.78, 5) is 2.45. The molecule has 0 saturated carbocycles. The van der Waals surface area contributed by atoms with E-state index in [1.54, 1.807) is 0 Å². The predicted octanol–water partition coefficient (Wildman–Crippen LogP) is 3.77. The number of aryl methyl sites for hydroxylation is 1. The molecule has 1 N–H and O–H groups in total. The fourth-order valence-corrected chi connectivity index (χ4v) is 3.39. The first-order valence-electron chi connectivity index (χ1n) is 7.60. The maximum atomic E-state index is 9.39. The summed E-state index contributed by atoms with van der Waals surface area (Å²) in [5, 5.41) is 13.0. The molecule has 0 radical (unpaired) electrons. The lowest BCUT2D eigenvalue weighted by molar-refractivity contribution is 0.314. The minimum Gasteiger partial charge on any atom is -0.411 e. The molecule has 0 saturated heterocycles. The Hall–Kier alpha value is -1.77. The van der Waals surface area contributed by atoms with Gasteiger partial charge >= 0.3 is 0 Å². The lowest BCUT2D eigenvalue weighted by Crippen LogP contribution is -2.44. The first-order valence-corrected chi connectivity index (χ1v) is 7.60. The molecular weight excluding hydrogens is 248 g/mol. The van der Waals surface area contributed by atoms with E-state index in [1.807, 2.05) is 0 Å². The summed E-state index contributed by atoms with van der Waals surface area (Å²) in [6.07, 6.45) is 10.7. The average Bonchev–Trinajstić information content (AvgIpc) is 2.47. The van der Waals surface area contributed by atoms with Crippen molar-refractivity contribution in [2.24, 2.45) is 5.16 Å². The summed E-state index contributed by atoms with van der Waals surface area (Å²) in [6.45, 7) is 1.06. The van der Waals surface area contributed by atoms with Crippen molar-refractivity contribution in [2.75, 3.05) is 11.4 Å². The second-order valence-electron chi connectivity index (χ2n) is 5.62. The number of para-hydroxylation sites is 1. The molecule has 1 aliphatic heterocycles. The minimum atomic E-state index is 0.242. The van der Waals surface area contributed by atoms with Crippen molar-refractivity contribution >= 4 is 11.4 Å². The van der Waals surface area contributed by atoms with E-state index in [1.165, 1.54) is 17.7 Å². The lowest BCUT2D eigenvalue weighted by atomic mass is 9.93. The van der Waals surface area contributed by atoms with Crippen LogP contribution < -0.4 is 4.90 Å². The lowest BCUT2D eigenvalue weighted by Gasteiger charge is -2.38. The summed E-state index contributed by atoms with van der Waals surface area (Å²) >= 11 is 0. The van der Waals surface area contributed by atoms with Crippen molar-refractivity contribution in [1.82, 2.24) is 0 Å². The van der Waals surface area contributed by atoms with E-state index < -0.39 is 0 Å². The Labute approximate surface area is 120 Å². The van der Waals surface area contributed by atoms with Crippen LogP contribution in [0.4, 0.5) is 5.69 Å². The molecule has 3 heteroatoms. The Kier molecular flexibility index (Phi) is 4.05. The molecule has 1 heterocycles. The van der Waals surface area contributed by atoms with Gasteiger partial charge < -0.3 is 10.1 Å². The number of hydrogen-bond acceptors (Lipinski definition) is 3. The van der Waals surface area contributed by atoms with Crippen molar-refractivity contribution < 1.29 is 5.21 Å². The van der Waals surface area contributed by atoms with Gasteiger partial charge in [0.25, 0.3) is 0 Å². The van der Waals surface area contributed by atoms with Gasteiger partial charge in [-0.1, -0.05) is 35.5 Å². The van der Waals surface area contributed by atoms with Gasteiger partial charge in [0.1, 0.15) is 0 Å². The van der Waals surface area contributed by atoms with Crippen LogP contribution in [0.25, 0.3) is 0 Å². The molecular formula is C17H22N2O. The highest BCUT2D eigenvalue weighted by Gasteiger charge is 2.27. The van der Waals surface area contributed by atoms with Crippen LogP contribution in [0.3, 0.4) is 0 Å². The summed E-state index contributed by atoms with van der Waals surface area (Å²) < 4.78 is 0. The zero-order valence-electron chi connectivity index (χ0n) is 11.8. The van der Waals surface area contributed by atoms with Gasteiger partial charge in [-0.25, -0.2) is 0 Å². The molecule has 3 nitrogen and oxygen atoms in total. The van der Waals surface area contributed by atoms with Gasteiger partial charge in [-0.2, -0.15) is 0 Å². The van der Waals surface area contributed by atoms with E-state index in [4.69, 9.17) is 0 Å². The third-order valence-corrected chi connectivity index (χ3v) is 4.38. The van der Waals surface area contributed by atoms with E-state index in [2.05, 4.69) is 46.5 Å². The quantitative estimate of drug-likeness (QED) is 0.479. The van der Waals surface area contributed by atoms with E-state index in [0.717, 1.165) is 44.4 Å². The number of benzene rings is 1. The van der Waals surface area contributed by atoms with Gasteiger partial charge in [-0.3, -0.25) is 0 Å². The van der Waals surface area contributed by atoms with Crippen LogP contribution in [-0.2, 0) is 6.42 Å². The zero-order valence-corrected chi connectivity index (χ0v) is 11.8. The van der Waals surface area contributed by atoms with Crippen LogP contribution in [0.2, 0.25) is 0 Å². The fraction of sp³-hybridized carbons (Fsp3) is 0.471. The highest BCUT2D eigenvalue weighted by molar-refractivity contribution is 5.92. The van der Waals surface area contributed by atoms with Crippen LogP contribution in [0.1, 0.15) is 37.7 Å². The van der Waals surface area contributed by atoms with Crippen LogP contribution in [0.15, 0.2) is 41.6 Å². The van der Waals surface area contributed by atoms with Crippen LogP contribution in [0, 0.1) is 0 Å². The molecule has 1 aromatic carbocycles. The Morgan fingerprint density at radius 1 is 1.10 bits per heavy atom. The maximum absolute atomic E-state index is 9.39. The van der Waals surface area contributed by atoms with Crippen molar-refractivity contribution in [3.05, 3.63) is 42.0 Å². The third kappa shape index (κ3) is 2.58. The third-order valence-electron chi connectivity index (χ3n) is 4.38. The number of oxime groups is 1. The molecule has 0 aromatic heterocycles. The van der Waals surface area contributed by atoms with Crippen molar-refractivity contribution in [3.63, 3.8) is 0 Å². The molecule has 0 amide bonds. The van der Waals surface area contributed by atoms with Gasteiger partial charge in [0, 0.05) is 12.2 Å². The Balaban J connectivity index is 1.92. The molecule has 1 aliphatic carbocycles. The summed E-state index contributed by atoms with van der Waals surface area (Å²) in [5.41, 5.74) is 3.69. The van der Waals surface area contributed by atoms with E-state index in [0.29, 0.717) is 0 Å². The average molecular weight is 270 g/mol. The first-order chi connectivity index (χ1) is 9.90. The van der Waals surface area contributed by atoms with E-state index in [9.17, 15) is 5.21 Å². The van der Waals surface area contributed by atoms with E-state index >= 15 is 0 Å². The largest absolute Gasteiger partial charge is 0.411 e. The van der Waals surface area contributed by atoms with Gasteiger partial charge in [0.15, 0.2) is 0 Å². The highest BCUT2D eigenvalue weighted by atomic mass is 16.4. The summed E-state index contributed by atoms with van der Waals surface area (Å²) in [7, 11) is 0. The topological polar surface area (TPSA) is 35.8 Å². The molecule has 1 aromatic rings. The van der Waals surface area contributed by atoms with Crippen LogP contribution in [-0.4, -0.2) is 23.5 Å². The first kappa shape index (κ1) is 13.2. The molecule has 1 unspecified atom stereocenters. The van der Waals surface area contributed by atoms with Gasteiger partial charge in [-0.05, 0) is 50.2 Å². The summed E-state index contributed by atoms with van der Waals surface area (Å²) in [6, 6.07) is 8.89. The number of fused-ring (bicyclic) bond motifs is 1. The van der Waals surface area contributed by atoms with Crippen molar-refractivity contribution in [2.45, 2.75) is 44.6 Å². The number of anilines is 1. The number of hydrogen-bond donors (Lipinski definition) is 1. The smallest absolute Gasteiger partial charge is 0.0798 e. The maximum Gasteiger partial charge on any atom is 0.0798 e. The number of rotatable bonds is 1. The second kappa shape index (κ2) is 6.12. The zero-order chi connectivity index (χ0) is 13.8. The molecule has 0 spiro atoms. The van der Waals surface area contributed by atoms with Crippen LogP contribution in [0.5, 0.6) is 0 Å². The normalized spacial score (nSPS) is 26.7. The SMILES string of the molecule is O/N=C1\CC/C=C\CCC1N1CCCc2ccccc21. The molecule has 0 bridgehead atoms. The molecule has 3 rings (SSSR count). The Morgan fingerprint density at radius 2 is 1.95 bits per heavy atom. The number of allylic oxidation sites excluding steroid dienone is 2. The predicted molar refractivity (Wildman–Crippen MR) is 82.7 cm³/mol. The van der Waals surface area contributed by atoms with Crippen molar-refractivity contribution in [1.29, 1.82) is 0 Å². The van der Waals surface area contributed by atoms with Crippen LogP contribution >= 0.6 is 0 Å². The number of nitrogens with zero attached hydrogens (tertiary/aromatic N) is 2. The standard InChI is InChI=1S/C17H22N2O/c20-18-15-10-3-1-2-4-12-17(15)19-13-7-9-14-8-5-6-11-16(14)19/h1-2,5-6,8,11,17,20H,3-4,7,9-10,12-13H2/b2-1-,18-15+. The molecule has 20 heavy (non-hydrogen) atoms. The van der Waals surface area contributed by atoms with E-state index in [-0.39, 0.29) is 6.04 Å². The summed E-state index contributed by atoms with van der Waals surface area (Å²) in [5.74, 6) is 0.